The van der Waals surface area contributed by atoms with Crippen molar-refractivity contribution >= 4 is 17.5 Å². The van der Waals surface area contributed by atoms with Gasteiger partial charge in [0.25, 0.3) is 0 Å². The van der Waals surface area contributed by atoms with Crippen LogP contribution in [0.3, 0.4) is 0 Å². The molecule has 0 saturated carbocycles. The standard InChI is InChI=1S/C18H23ClN4O2/c1-18(2)11-23(10-9-14(18)20)16(24)8-7-15-21-17(22-25-15)12-3-5-13(19)6-4-12/h3-6,14H,7-11,20H2,1-2H3. The molecule has 2 aromatic rings. The lowest BCUT2D eigenvalue weighted by Gasteiger charge is -2.42. The van der Waals surface area contributed by atoms with Crippen LogP contribution in [0.5, 0.6) is 0 Å². The number of carbonyl (C=O) groups excluding carboxylic acids is 1. The van der Waals surface area contributed by atoms with E-state index in [9.17, 15) is 4.79 Å². The van der Waals surface area contributed by atoms with Crippen LogP contribution < -0.4 is 5.73 Å². The molecule has 1 amide bonds. The second-order valence-corrected chi connectivity index (χ2v) is 7.65. The molecule has 1 aromatic heterocycles. The average molecular weight is 363 g/mol. The Kier molecular flexibility index (Phi) is 5.11. The van der Waals surface area contributed by atoms with Crippen LogP contribution in [-0.2, 0) is 11.2 Å². The minimum atomic E-state index is -0.0554. The maximum Gasteiger partial charge on any atom is 0.227 e. The largest absolute Gasteiger partial charge is 0.342 e. The van der Waals surface area contributed by atoms with Gasteiger partial charge in [0, 0.05) is 42.6 Å². The second-order valence-electron chi connectivity index (χ2n) is 7.22. The topological polar surface area (TPSA) is 85.2 Å². The van der Waals surface area contributed by atoms with Crippen LogP contribution in [0.25, 0.3) is 11.4 Å². The van der Waals surface area contributed by atoms with Gasteiger partial charge in [-0.15, -0.1) is 0 Å². The first-order valence-corrected chi connectivity index (χ1v) is 8.85. The van der Waals surface area contributed by atoms with E-state index in [1.54, 1.807) is 12.1 Å². The van der Waals surface area contributed by atoms with Gasteiger partial charge in [0.05, 0.1) is 0 Å². The number of carbonyl (C=O) groups is 1. The van der Waals surface area contributed by atoms with Gasteiger partial charge in [0.2, 0.25) is 17.6 Å². The molecule has 6 nitrogen and oxygen atoms in total. The van der Waals surface area contributed by atoms with E-state index in [2.05, 4.69) is 24.0 Å². The van der Waals surface area contributed by atoms with Crippen molar-refractivity contribution in [1.29, 1.82) is 0 Å². The quantitative estimate of drug-likeness (QED) is 0.903. The number of piperidine rings is 1. The highest BCUT2D eigenvalue weighted by atomic mass is 35.5. The van der Waals surface area contributed by atoms with E-state index in [0.29, 0.717) is 42.7 Å². The molecule has 2 heterocycles. The number of benzene rings is 1. The lowest BCUT2D eigenvalue weighted by molar-refractivity contribution is -0.134. The SMILES string of the molecule is CC1(C)CN(C(=O)CCc2nc(-c3ccc(Cl)cc3)no2)CCC1N. The Morgan fingerprint density at radius 2 is 2.12 bits per heavy atom. The lowest BCUT2D eigenvalue weighted by atomic mass is 9.79. The molecule has 25 heavy (non-hydrogen) atoms. The van der Waals surface area contributed by atoms with Crippen LogP contribution in [0.15, 0.2) is 28.8 Å². The summed E-state index contributed by atoms with van der Waals surface area (Å²) in [5, 5.41) is 4.62. The Balaban J connectivity index is 1.57. The van der Waals surface area contributed by atoms with Gasteiger partial charge >= 0.3 is 0 Å². The first kappa shape index (κ1) is 17.9. The van der Waals surface area contributed by atoms with Crippen molar-refractivity contribution < 1.29 is 9.32 Å². The number of likely N-dealkylation sites (tertiary alicyclic amines) is 1. The normalized spacial score (nSPS) is 19.8. The summed E-state index contributed by atoms with van der Waals surface area (Å²) in [6.07, 6.45) is 1.62. The van der Waals surface area contributed by atoms with E-state index in [4.69, 9.17) is 21.9 Å². The van der Waals surface area contributed by atoms with E-state index in [-0.39, 0.29) is 17.4 Å². The zero-order valence-corrected chi connectivity index (χ0v) is 15.3. The third-order valence-electron chi connectivity index (χ3n) is 4.79. The third-order valence-corrected chi connectivity index (χ3v) is 5.04. The molecule has 1 aliphatic rings. The molecule has 1 atom stereocenters. The molecule has 1 fully saturated rings. The minimum absolute atomic E-state index is 0.0554. The monoisotopic (exact) mass is 362 g/mol. The smallest absolute Gasteiger partial charge is 0.227 e. The van der Waals surface area contributed by atoms with Crippen molar-refractivity contribution in [3.63, 3.8) is 0 Å². The maximum absolute atomic E-state index is 12.5. The van der Waals surface area contributed by atoms with E-state index >= 15 is 0 Å². The van der Waals surface area contributed by atoms with Gasteiger partial charge < -0.3 is 15.2 Å². The van der Waals surface area contributed by atoms with E-state index in [0.717, 1.165) is 12.0 Å². The van der Waals surface area contributed by atoms with Crippen LogP contribution in [0, 0.1) is 5.41 Å². The summed E-state index contributed by atoms with van der Waals surface area (Å²) in [6, 6.07) is 7.36. The zero-order chi connectivity index (χ0) is 18.0. The number of halogens is 1. The van der Waals surface area contributed by atoms with Crippen LogP contribution >= 0.6 is 11.6 Å². The predicted octanol–water partition coefficient (Wildman–Crippen LogP) is 2.91. The fourth-order valence-corrected chi connectivity index (χ4v) is 3.16. The van der Waals surface area contributed by atoms with Crippen molar-refractivity contribution in [2.24, 2.45) is 11.1 Å². The predicted molar refractivity (Wildman–Crippen MR) is 96.0 cm³/mol. The number of amides is 1. The third kappa shape index (κ3) is 4.19. The summed E-state index contributed by atoms with van der Waals surface area (Å²) >= 11 is 5.88. The highest BCUT2D eigenvalue weighted by Gasteiger charge is 2.35. The van der Waals surface area contributed by atoms with Crippen molar-refractivity contribution in [3.05, 3.63) is 35.2 Å². The van der Waals surface area contributed by atoms with Crippen LogP contribution in [-0.4, -0.2) is 40.1 Å². The number of hydrogen-bond donors (Lipinski definition) is 1. The molecule has 1 unspecified atom stereocenters. The molecule has 134 valence electrons. The fraction of sp³-hybridized carbons (Fsp3) is 0.500. The van der Waals surface area contributed by atoms with Gasteiger partial charge in [-0.2, -0.15) is 4.98 Å². The average Bonchev–Trinajstić information content (AvgIpc) is 3.04. The Morgan fingerprint density at radius 1 is 1.40 bits per heavy atom. The van der Waals surface area contributed by atoms with Crippen LogP contribution in [0.4, 0.5) is 0 Å². The lowest BCUT2D eigenvalue weighted by Crippen LogP contribution is -2.54. The van der Waals surface area contributed by atoms with Gasteiger partial charge in [0.15, 0.2) is 0 Å². The first-order chi connectivity index (χ1) is 11.8. The molecule has 7 heteroatoms. The van der Waals surface area contributed by atoms with Gasteiger partial charge in [-0.05, 0) is 36.1 Å². The number of nitrogens with two attached hydrogens (primary N) is 1. The Labute approximate surface area is 152 Å². The number of aromatic nitrogens is 2. The molecule has 0 aliphatic carbocycles. The Morgan fingerprint density at radius 3 is 2.80 bits per heavy atom. The highest BCUT2D eigenvalue weighted by Crippen LogP contribution is 2.28. The Bertz CT molecular complexity index is 742. The minimum Gasteiger partial charge on any atom is -0.342 e. The summed E-state index contributed by atoms with van der Waals surface area (Å²) in [6.45, 7) is 5.61. The van der Waals surface area contributed by atoms with E-state index < -0.39 is 0 Å². The molecule has 0 spiro atoms. The highest BCUT2D eigenvalue weighted by molar-refractivity contribution is 6.30. The van der Waals surface area contributed by atoms with Gasteiger partial charge in [0.1, 0.15) is 0 Å². The number of hydrogen-bond acceptors (Lipinski definition) is 5. The second kappa shape index (κ2) is 7.14. The molecule has 1 aliphatic heterocycles. The van der Waals surface area contributed by atoms with Gasteiger partial charge in [-0.3, -0.25) is 4.79 Å². The summed E-state index contributed by atoms with van der Waals surface area (Å²) in [5.41, 5.74) is 6.90. The molecule has 1 aromatic carbocycles. The summed E-state index contributed by atoms with van der Waals surface area (Å²) in [4.78, 5) is 18.7. The first-order valence-electron chi connectivity index (χ1n) is 8.47. The zero-order valence-electron chi connectivity index (χ0n) is 14.5. The molecule has 0 bridgehead atoms. The number of nitrogens with zero attached hydrogens (tertiary/aromatic N) is 3. The number of rotatable bonds is 4. The molecular weight excluding hydrogens is 340 g/mol. The van der Waals surface area contributed by atoms with E-state index in [1.807, 2.05) is 17.0 Å². The van der Waals surface area contributed by atoms with Gasteiger partial charge in [-0.25, -0.2) is 0 Å². The van der Waals surface area contributed by atoms with Gasteiger partial charge in [-0.1, -0.05) is 30.6 Å². The van der Waals surface area contributed by atoms with Crippen molar-refractivity contribution in [1.82, 2.24) is 15.0 Å². The molecule has 1 saturated heterocycles. The molecular formula is C18H23ClN4O2. The summed E-state index contributed by atoms with van der Waals surface area (Å²) < 4.78 is 5.26. The molecule has 2 N–H and O–H groups in total. The van der Waals surface area contributed by atoms with Crippen molar-refractivity contribution in [3.8, 4) is 11.4 Å². The van der Waals surface area contributed by atoms with Crippen LogP contribution in [0.1, 0.15) is 32.6 Å². The summed E-state index contributed by atoms with van der Waals surface area (Å²) in [5.74, 6) is 1.07. The van der Waals surface area contributed by atoms with Crippen LogP contribution in [0.2, 0.25) is 5.02 Å². The van der Waals surface area contributed by atoms with Crippen molar-refractivity contribution in [2.45, 2.75) is 39.2 Å². The molecule has 0 radical (unpaired) electrons. The summed E-state index contributed by atoms with van der Waals surface area (Å²) in [7, 11) is 0. The number of aryl methyl sites for hydroxylation is 1. The maximum atomic E-state index is 12.5. The fourth-order valence-electron chi connectivity index (χ4n) is 3.03. The van der Waals surface area contributed by atoms with E-state index in [1.165, 1.54) is 0 Å². The Hall–Kier alpha value is -1.92. The molecule has 3 rings (SSSR count). The van der Waals surface area contributed by atoms with Crippen molar-refractivity contribution in [2.75, 3.05) is 13.1 Å².